The molecule has 1 aromatic rings. The summed E-state index contributed by atoms with van der Waals surface area (Å²) in [6, 6.07) is 3.78. The van der Waals surface area contributed by atoms with Crippen LogP contribution in [0.3, 0.4) is 0 Å². The molecule has 0 N–H and O–H groups in total. The monoisotopic (exact) mass is 243 g/mol. The highest BCUT2D eigenvalue weighted by Crippen LogP contribution is 2.14. The van der Waals surface area contributed by atoms with Crippen LogP contribution in [0.4, 0.5) is 0 Å². The summed E-state index contributed by atoms with van der Waals surface area (Å²) in [6.45, 7) is 0. The third-order valence-electron chi connectivity index (χ3n) is 1.66. The molecule has 70 valence electrons. The molecule has 0 amide bonds. The fraction of sp³-hybridized carbons (Fsp3) is 0.333. The largest absolute Gasteiger partial charge is 0.469 e. The standard InChI is InChI=1S/C9H10BrNO2/c1-13-8(12)5-4-7-3-2-6-11-9(7)10/h2-3,6H,4-5H2,1H3. The zero-order valence-corrected chi connectivity index (χ0v) is 8.87. The summed E-state index contributed by atoms with van der Waals surface area (Å²) >= 11 is 3.31. The van der Waals surface area contributed by atoms with E-state index in [2.05, 4.69) is 25.7 Å². The van der Waals surface area contributed by atoms with Crippen molar-refractivity contribution < 1.29 is 9.53 Å². The Bertz CT molecular complexity index is 301. The number of pyridine rings is 1. The molecule has 3 nitrogen and oxygen atoms in total. The molecular formula is C9H10BrNO2. The number of methoxy groups -OCH3 is 1. The van der Waals surface area contributed by atoms with Crippen molar-refractivity contribution in [3.63, 3.8) is 0 Å². The Kier molecular flexibility index (Phi) is 3.89. The Hall–Kier alpha value is -0.900. The van der Waals surface area contributed by atoms with E-state index >= 15 is 0 Å². The fourth-order valence-electron chi connectivity index (χ4n) is 0.945. The minimum absolute atomic E-state index is 0.198. The topological polar surface area (TPSA) is 39.2 Å². The normalized spacial score (nSPS) is 9.69. The lowest BCUT2D eigenvalue weighted by atomic mass is 10.2. The van der Waals surface area contributed by atoms with Crippen molar-refractivity contribution in [1.29, 1.82) is 0 Å². The highest BCUT2D eigenvalue weighted by Gasteiger charge is 2.04. The average Bonchev–Trinajstić information content (AvgIpc) is 2.16. The summed E-state index contributed by atoms with van der Waals surface area (Å²) < 4.78 is 5.33. The van der Waals surface area contributed by atoms with E-state index in [1.54, 1.807) is 6.20 Å². The Balaban J connectivity index is 2.54. The summed E-state index contributed by atoms with van der Waals surface area (Å²) in [4.78, 5) is 14.9. The Morgan fingerprint density at radius 3 is 3.08 bits per heavy atom. The molecule has 0 radical (unpaired) electrons. The molecule has 0 aliphatic carbocycles. The SMILES string of the molecule is COC(=O)CCc1cccnc1Br. The first-order chi connectivity index (χ1) is 6.24. The second-order valence-electron chi connectivity index (χ2n) is 2.53. The minimum atomic E-state index is -0.198. The minimum Gasteiger partial charge on any atom is -0.469 e. The first kappa shape index (κ1) is 10.2. The van der Waals surface area contributed by atoms with Gasteiger partial charge in [-0.05, 0) is 34.0 Å². The van der Waals surface area contributed by atoms with Crippen LogP contribution in [-0.2, 0) is 16.0 Å². The molecule has 0 saturated heterocycles. The van der Waals surface area contributed by atoms with Gasteiger partial charge in [-0.1, -0.05) is 6.07 Å². The molecule has 0 aromatic carbocycles. The van der Waals surface area contributed by atoms with Crippen LogP contribution in [-0.4, -0.2) is 18.1 Å². The maximum absolute atomic E-state index is 10.8. The third-order valence-corrected chi connectivity index (χ3v) is 2.38. The van der Waals surface area contributed by atoms with Gasteiger partial charge >= 0.3 is 5.97 Å². The molecule has 0 saturated carbocycles. The van der Waals surface area contributed by atoms with Gasteiger partial charge in [-0.25, -0.2) is 4.98 Å². The van der Waals surface area contributed by atoms with E-state index in [1.165, 1.54) is 7.11 Å². The molecule has 1 rings (SSSR count). The van der Waals surface area contributed by atoms with Gasteiger partial charge in [0.15, 0.2) is 0 Å². The van der Waals surface area contributed by atoms with E-state index < -0.39 is 0 Å². The Morgan fingerprint density at radius 2 is 2.46 bits per heavy atom. The average molecular weight is 244 g/mol. The van der Waals surface area contributed by atoms with E-state index in [1.807, 2.05) is 12.1 Å². The van der Waals surface area contributed by atoms with Gasteiger partial charge in [0.2, 0.25) is 0 Å². The molecule has 0 aliphatic rings. The summed E-state index contributed by atoms with van der Waals surface area (Å²) in [5.41, 5.74) is 1.02. The zero-order chi connectivity index (χ0) is 9.68. The van der Waals surface area contributed by atoms with Crippen LogP contribution >= 0.6 is 15.9 Å². The van der Waals surface area contributed by atoms with Crippen LogP contribution in [0.1, 0.15) is 12.0 Å². The van der Waals surface area contributed by atoms with Crippen molar-refractivity contribution in [2.75, 3.05) is 7.11 Å². The van der Waals surface area contributed by atoms with Crippen molar-refractivity contribution in [3.8, 4) is 0 Å². The second kappa shape index (κ2) is 4.97. The fourth-order valence-corrected chi connectivity index (χ4v) is 1.39. The van der Waals surface area contributed by atoms with Crippen LogP contribution in [0.25, 0.3) is 0 Å². The lowest BCUT2D eigenvalue weighted by Gasteiger charge is -2.01. The van der Waals surface area contributed by atoms with Crippen LogP contribution in [0.15, 0.2) is 22.9 Å². The van der Waals surface area contributed by atoms with Gasteiger partial charge in [-0.15, -0.1) is 0 Å². The van der Waals surface area contributed by atoms with Crippen molar-refractivity contribution in [2.45, 2.75) is 12.8 Å². The number of ether oxygens (including phenoxy) is 1. The van der Waals surface area contributed by atoms with E-state index in [9.17, 15) is 4.79 Å². The maximum Gasteiger partial charge on any atom is 0.305 e. The van der Waals surface area contributed by atoms with Crippen LogP contribution in [0.2, 0.25) is 0 Å². The Labute approximate surface area is 85.3 Å². The van der Waals surface area contributed by atoms with Gasteiger partial charge in [0, 0.05) is 12.6 Å². The molecule has 1 heterocycles. The summed E-state index contributed by atoms with van der Waals surface area (Å²) in [5, 5.41) is 0. The van der Waals surface area contributed by atoms with E-state index in [-0.39, 0.29) is 5.97 Å². The number of nitrogens with zero attached hydrogens (tertiary/aromatic N) is 1. The van der Waals surface area contributed by atoms with Gasteiger partial charge in [-0.2, -0.15) is 0 Å². The smallest absolute Gasteiger partial charge is 0.305 e. The van der Waals surface area contributed by atoms with Gasteiger partial charge in [0.25, 0.3) is 0 Å². The number of carbonyl (C=O) groups is 1. The molecule has 13 heavy (non-hydrogen) atoms. The van der Waals surface area contributed by atoms with Crippen LogP contribution in [0.5, 0.6) is 0 Å². The number of hydrogen-bond donors (Lipinski definition) is 0. The van der Waals surface area contributed by atoms with Crippen LogP contribution < -0.4 is 0 Å². The molecule has 0 aliphatic heterocycles. The molecule has 0 spiro atoms. The molecule has 0 fully saturated rings. The van der Waals surface area contributed by atoms with Crippen molar-refractivity contribution in [3.05, 3.63) is 28.5 Å². The maximum atomic E-state index is 10.8. The summed E-state index contributed by atoms with van der Waals surface area (Å²) in [7, 11) is 1.39. The summed E-state index contributed by atoms with van der Waals surface area (Å²) in [5.74, 6) is -0.198. The zero-order valence-electron chi connectivity index (χ0n) is 7.29. The van der Waals surface area contributed by atoms with Crippen LogP contribution in [0, 0.1) is 0 Å². The van der Waals surface area contributed by atoms with E-state index in [4.69, 9.17) is 0 Å². The number of carbonyl (C=O) groups excluding carboxylic acids is 1. The molecule has 0 bridgehead atoms. The number of aromatic nitrogens is 1. The van der Waals surface area contributed by atoms with E-state index in [0.29, 0.717) is 12.8 Å². The highest BCUT2D eigenvalue weighted by atomic mass is 79.9. The van der Waals surface area contributed by atoms with Gasteiger partial charge < -0.3 is 4.74 Å². The highest BCUT2D eigenvalue weighted by molar-refractivity contribution is 9.10. The summed E-state index contributed by atoms with van der Waals surface area (Å²) in [6.07, 6.45) is 2.74. The first-order valence-electron chi connectivity index (χ1n) is 3.90. The lowest BCUT2D eigenvalue weighted by molar-refractivity contribution is -0.140. The number of aryl methyl sites for hydroxylation is 1. The van der Waals surface area contributed by atoms with Gasteiger partial charge in [0.05, 0.1) is 7.11 Å². The Morgan fingerprint density at radius 1 is 1.69 bits per heavy atom. The molecule has 1 aromatic heterocycles. The number of rotatable bonds is 3. The molecule has 0 unspecified atom stereocenters. The molecule has 0 atom stereocenters. The first-order valence-corrected chi connectivity index (χ1v) is 4.69. The van der Waals surface area contributed by atoms with Crippen molar-refractivity contribution >= 4 is 21.9 Å². The van der Waals surface area contributed by atoms with Crippen molar-refractivity contribution in [2.24, 2.45) is 0 Å². The number of hydrogen-bond acceptors (Lipinski definition) is 3. The predicted octanol–water partition coefficient (Wildman–Crippen LogP) is 1.95. The van der Waals surface area contributed by atoms with E-state index in [0.717, 1.165) is 10.2 Å². The van der Waals surface area contributed by atoms with Crippen molar-refractivity contribution in [1.82, 2.24) is 4.98 Å². The molecular weight excluding hydrogens is 234 g/mol. The quantitative estimate of drug-likeness (QED) is 0.602. The predicted molar refractivity (Wildman–Crippen MR) is 52.3 cm³/mol. The third kappa shape index (κ3) is 3.14. The lowest BCUT2D eigenvalue weighted by Crippen LogP contribution is -2.02. The number of esters is 1. The molecule has 4 heteroatoms. The number of halogens is 1. The van der Waals surface area contributed by atoms with Gasteiger partial charge in [-0.3, -0.25) is 4.79 Å². The van der Waals surface area contributed by atoms with Gasteiger partial charge in [0.1, 0.15) is 4.60 Å². The second-order valence-corrected chi connectivity index (χ2v) is 3.28.